The minimum absolute atomic E-state index is 0.0201. The summed E-state index contributed by atoms with van der Waals surface area (Å²) in [4.78, 5) is 14.9. The van der Waals surface area contributed by atoms with Crippen molar-refractivity contribution >= 4 is 6.03 Å². The molecule has 1 heterocycles. The fraction of sp³-hybridized carbons (Fsp3) is 0.458. The Balaban J connectivity index is 1.95. The molecular weight excluding hydrogens is 378 g/mol. The fourth-order valence-corrected chi connectivity index (χ4v) is 4.20. The van der Waals surface area contributed by atoms with E-state index in [1.807, 2.05) is 19.9 Å². The maximum absolute atomic E-state index is 12.4. The van der Waals surface area contributed by atoms with Gasteiger partial charge >= 0.3 is 6.03 Å². The molecule has 6 heteroatoms. The van der Waals surface area contributed by atoms with E-state index in [1.165, 1.54) is 16.7 Å². The summed E-state index contributed by atoms with van der Waals surface area (Å²) >= 11 is 0. The fourth-order valence-electron chi connectivity index (χ4n) is 4.20. The van der Waals surface area contributed by atoms with Crippen molar-refractivity contribution in [2.24, 2.45) is 0 Å². The van der Waals surface area contributed by atoms with Crippen molar-refractivity contribution in [3.8, 4) is 11.5 Å². The van der Waals surface area contributed by atoms with E-state index in [0.717, 1.165) is 25.3 Å². The van der Waals surface area contributed by atoms with Crippen molar-refractivity contribution in [3.63, 3.8) is 0 Å². The molecular formula is C24H33N3O3. The third kappa shape index (κ3) is 5.05. The summed E-state index contributed by atoms with van der Waals surface area (Å²) < 4.78 is 11.1. The number of nitrogens with one attached hydrogen (secondary N) is 2. The van der Waals surface area contributed by atoms with Gasteiger partial charge in [-0.2, -0.15) is 0 Å². The summed E-state index contributed by atoms with van der Waals surface area (Å²) in [5.74, 6) is 1.45. The molecule has 0 aromatic heterocycles. The lowest BCUT2D eigenvalue weighted by atomic mass is 9.87. The molecule has 2 aromatic rings. The Kier molecular flexibility index (Phi) is 7.21. The Morgan fingerprint density at radius 3 is 2.37 bits per heavy atom. The first-order chi connectivity index (χ1) is 14.4. The van der Waals surface area contributed by atoms with Gasteiger partial charge in [0, 0.05) is 25.2 Å². The number of nitrogens with zero attached hydrogens (tertiary/aromatic N) is 1. The highest BCUT2D eigenvalue weighted by Gasteiger charge is 2.33. The lowest BCUT2D eigenvalue weighted by molar-refractivity contribution is 0.143. The Morgan fingerprint density at radius 1 is 1.07 bits per heavy atom. The van der Waals surface area contributed by atoms with Crippen LogP contribution in [-0.2, 0) is 13.0 Å². The molecule has 0 radical (unpaired) electrons. The molecule has 30 heavy (non-hydrogen) atoms. The lowest BCUT2D eigenvalue weighted by Crippen LogP contribution is -2.50. The summed E-state index contributed by atoms with van der Waals surface area (Å²) in [5, 5.41) is 6.07. The standard InChI is InChI=1S/C24H33N3O3/c1-16(2)25-24(28)26-17(3)23-20-14-22(30-5)21(29-4)13-19(20)11-12-27(23)15-18-9-7-6-8-10-18/h6-10,13-14,16-17,23H,11-12,15H2,1-5H3,(H2,25,26,28)/t17-,23-/m0/s1. The highest BCUT2D eigenvalue weighted by molar-refractivity contribution is 5.74. The molecule has 2 atom stereocenters. The summed E-state index contributed by atoms with van der Waals surface area (Å²) in [6, 6.07) is 14.4. The molecule has 2 aromatic carbocycles. The van der Waals surface area contributed by atoms with Gasteiger partial charge in [0.05, 0.1) is 20.3 Å². The van der Waals surface area contributed by atoms with Gasteiger partial charge in [-0.15, -0.1) is 0 Å². The topological polar surface area (TPSA) is 62.8 Å². The number of methoxy groups -OCH3 is 2. The van der Waals surface area contributed by atoms with E-state index < -0.39 is 0 Å². The summed E-state index contributed by atoms with van der Waals surface area (Å²) in [5.41, 5.74) is 3.66. The zero-order chi connectivity index (χ0) is 21.7. The molecule has 3 rings (SSSR count). The van der Waals surface area contributed by atoms with Gasteiger partial charge in [0.15, 0.2) is 11.5 Å². The smallest absolute Gasteiger partial charge is 0.315 e. The van der Waals surface area contributed by atoms with E-state index in [-0.39, 0.29) is 24.2 Å². The van der Waals surface area contributed by atoms with Crippen LogP contribution in [-0.4, -0.2) is 43.8 Å². The molecule has 0 bridgehead atoms. The minimum atomic E-state index is -0.148. The highest BCUT2D eigenvalue weighted by Crippen LogP contribution is 2.40. The van der Waals surface area contributed by atoms with Gasteiger partial charge < -0.3 is 20.1 Å². The van der Waals surface area contributed by atoms with Crippen LogP contribution in [0.2, 0.25) is 0 Å². The second-order valence-corrected chi connectivity index (χ2v) is 8.12. The van der Waals surface area contributed by atoms with Gasteiger partial charge in [-0.25, -0.2) is 4.79 Å². The van der Waals surface area contributed by atoms with Gasteiger partial charge in [-0.1, -0.05) is 30.3 Å². The van der Waals surface area contributed by atoms with Crippen LogP contribution in [0.1, 0.15) is 43.5 Å². The number of benzene rings is 2. The van der Waals surface area contributed by atoms with Crippen LogP contribution in [0.3, 0.4) is 0 Å². The highest BCUT2D eigenvalue weighted by atomic mass is 16.5. The normalized spacial score (nSPS) is 17.2. The van der Waals surface area contributed by atoms with E-state index >= 15 is 0 Å². The molecule has 162 valence electrons. The molecule has 0 aliphatic carbocycles. The number of rotatable bonds is 7. The van der Waals surface area contributed by atoms with E-state index in [1.54, 1.807) is 14.2 Å². The number of fused-ring (bicyclic) bond motifs is 1. The van der Waals surface area contributed by atoms with Crippen LogP contribution in [0.15, 0.2) is 42.5 Å². The third-order valence-electron chi connectivity index (χ3n) is 5.51. The van der Waals surface area contributed by atoms with Gasteiger partial charge in [0.1, 0.15) is 0 Å². The van der Waals surface area contributed by atoms with Crippen LogP contribution >= 0.6 is 0 Å². The van der Waals surface area contributed by atoms with Crippen molar-refractivity contribution in [2.45, 2.75) is 51.9 Å². The molecule has 0 saturated carbocycles. The van der Waals surface area contributed by atoms with Crippen molar-refractivity contribution in [1.82, 2.24) is 15.5 Å². The average molecular weight is 412 g/mol. The first kappa shape index (κ1) is 22.0. The maximum Gasteiger partial charge on any atom is 0.315 e. The Morgan fingerprint density at radius 2 is 1.73 bits per heavy atom. The quantitative estimate of drug-likeness (QED) is 0.725. The molecule has 2 N–H and O–H groups in total. The van der Waals surface area contributed by atoms with Gasteiger partial charge in [-0.3, -0.25) is 4.90 Å². The number of urea groups is 1. The molecule has 1 aliphatic heterocycles. The van der Waals surface area contributed by atoms with Gasteiger partial charge in [0.2, 0.25) is 0 Å². The van der Waals surface area contributed by atoms with E-state index in [0.29, 0.717) is 5.75 Å². The van der Waals surface area contributed by atoms with Gasteiger partial charge in [-0.05, 0) is 56.0 Å². The number of amides is 2. The van der Waals surface area contributed by atoms with Crippen LogP contribution in [0.4, 0.5) is 4.79 Å². The molecule has 0 spiro atoms. The van der Waals surface area contributed by atoms with E-state index in [9.17, 15) is 4.79 Å². The second kappa shape index (κ2) is 9.85. The molecule has 6 nitrogen and oxygen atoms in total. The van der Waals surface area contributed by atoms with E-state index in [2.05, 4.69) is 58.9 Å². The molecule has 0 unspecified atom stereocenters. The van der Waals surface area contributed by atoms with Crippen LogP contribution in [0.5, 0.6) is 11.5 Å². The van der Waals surface area contributed by atoms with E-state index in [4.69, 9.17) is 9.47 Å². The largest absolute Gasteiger partial charge is 0.493 e. The third-order valence-corrected chi connectivity index (χ3v) is 5.51. The van der Waals surface area contributed by atoms with Gasteiger partial charge in [0.25, 0.3) is 0 Å². The summed E-state index contributed by atoms with van der Waals surface area (Å²) in [6.45, 7) is 7.70. The monoisotopic (exact) mass is 411 g/mol. The first-order valence-electron chi connectivity index (χ1n) is 10.5. The number of ether oxygens (including phenoxy) is 2. The Hall–Kier alpha value is -2.73. The zero-order valence-electron chi connectivity index (χ0n) is 18.6. The Bertz CT molecular complexity index is 854. The lowest BCUT2D eigenvalue weighted by Gasteiger charge is -2.41. The van der Waals surface area contributed by atoms with Crippen molar-refractivity contribution in [3.05, 3.63) is 59.2 Å². The molecule has 0 fully saturated rings. The van der Waals surface area contributed by atoms with Crippen molar-refractivity contribution < 1.29 is 14.3 Å². The van der Waals surface area contributed by atoms with Crippen molar-refractivity contribution in [1.29, 1.82) is 0 Å². The summed E-state index contributed by atoms with van der Waals surface area (Å²) in [6.07, 6.45) is 0.921. The Labute approximate surface area is 179 Å². The van der Waals surface area contributed by atoms with Crippen LogP contribution in [0, 0.1) is 0 Å². The number of carbonyl (C=O) groups excluding carboxylic acids is 1. The number of carbonyl (C=O) groups is 1. The maximum atomic E-state index is 12.4. The molecule has 1 aliphatic rings. The second-order valence-electron chi connectivity index (χ2n) is 8.12. The summed E-state index contributed by atoms with van der Waals surface area (Å²) in [7, 11) is 3.31. The van der Waals surface area contributed by atoms with Crippen LogP contribution < -0.4 is 20.1 Å². The zero-order valence-corrected chi connectivity index (χ0v) is 18.6. The minimum Gasteiger partial charge on any atom is -0.493 e. The molecule has 0 saturated heterocycles. The van der Waals surface area contributed by atoms with Crippen LogP contribution in [0.25, 0.3) is 0 Å². The predicted molar refractivity (Wildman–Crippen MR) is 119 cm³/mol. The predicted octanol–water partition coefficient (Wildman–Crippen LogP) is 3.90. The number of hydrogen-bond acceptors (Lipinski definition) is 4. The average Bonchev–Trinajstić information content (AvgIpc) is 2.72. The van der Waals surface area contributed by atoms with Crippen molar-refractivity contribution in [2.75, 3.05) is 20.8 Å². The number of hydrogen-bond donors (Lipinski definition) is 2. The molecule has 2 amide bonds. The first-order valence-corrected chi connectivity index (χ1v) is 10.5. The SMILES string of the molecule is COc1cc2c(cc1OC)[C@H]([C@H](C)NC(=O)NC(C)C)N(Cc1ccccc1)CC2.